The summed E-state index contributed by atoms with van der Waals surface area (Å²) in [6.45, 7) is 1.93. The molecule has 1 saturated heterocycles. The number of hydrogen-bond acceptors (Lipinski definition) is 2. The highest BCUT2D eigenvalue weighted by Gasteiger charge is 2.18. The zero-order valence-electron chi connectivity index (χ0n) is 8.97. The first-order valence-electron chi connectivity index (χ1n) is 5.55. The molecule has 2 N–H and O–H groups in total. The summed E-state index contributed by atoms with van der Waals surface area (Å²) < 4.78 is 13.6. The van der Waals surface area contributed by atoms with Gasteiger partial charge < -0.3 is 10.4 Å². The summed E-state index contributed by atoms with van der Waals surface area (Å²) in [4.78, 5) is 0. The van der Waals surface area contributed by atoms with Crippen molar-refractivity contribution < 1.29 is 9.50 Å². The summed E-state index contributed by atoms with van der Waals surface area (Å²) >= 11 is 5.91. The highest BCUT2D eigenvalue weighted by Crippen LogP contribution is 2.31. The molecule has 2 rings (SSSR count). The molecule has 1 aliphatic heterocycles. The third kappa shape index (κ3) is 2.47. The molecule has 0 spiro atoms. The Kier molecular flexibility index (Phi) is 3.66. The number of halogens is 2. The summed E-state index contributed by atoms with van der Waals surface area (Å²) in [5, 5.41) is 12.9. The standard InChI is InChI=1S/C12H15ClFNO/c13-12-9(10(14)3-4-11(12)16)6-8-2-1-5-15-7-8/h3-4,8,15-16H,1-2,5-7H2. The SMILES string of the molecule is Oc1ccc(F)c(CC2CCCNC2)c1Cl. The van der Waals surface area contributed by atoms with Gasteiger partial charge in [0.2, 0.25) is 0 Å². The van der Waals surface area contributed by atoms with Gasteiger partial charge in [0.1, 0.15) is 11.6 Å². The van der Waals surface area contributed by atoms with E-state index in [0.717, 1.165) is 25.9 Å². The molecule has 0 bridgehead atoms. The summed E-state index contributed by atoms with van der Waals surface area (Å²) in [7, 11) is 0. The Balaban J connectivity index is 2.16. The third-order valence-electron chi connectivity index (χ3n) is 3.06. The highest BCUT2D eigenvalue weighted by atomic mass is 35.5. The fourth-order valence-corrected chi connectivity index (χ4v) is 2.39. The van der Waals surface area contributed by atoms with Crippen LogP contribution in [0.25, 0.3) is 0 Å². The van der Waals surface area contributed by atoms with Crippen LogP contribution in [0.5, 0.6) is 5.75 Å². The molecule has 1 atom stereocenters. The van der Waals surface area contributed by atoms with Crippen molar-refractivity contribution in [1.29, 1.82) is 0 Å². The molecular formula is C12H15ClFNO. The normalized spacial score (nSPS) is 21.0. The van der Waals surface area contributed by atoms with Gasteiger partial charge in [-0.25, -0.2) is 4.39 Å². The van der Waals surface area contributed by atoms with E-state index in [1.807, 2.05) is 0 Å². The van der Waals surface area contributed by atoms with Gasteiger partial charge in [-0.15, -0.1) is 0 Å². The predicted molar refractivity (Wildman–Crippen MR) is 62.4 cm³/mol. The lowest BCUT2D eigenvalue weighted by molar-refractivity contribution is 0.371. The Labute approximate surface area is 99.4 Å². The van der Waals surface area contributed by atoms with Gasteiger partial charge in [0.05, 0.1) is 5.02 Å². The fraction of sp³-hybridized carbons (Fsp3) is 0.500. The van der Waals surface area contributed by atoms with Gasteiger partial charge >= 0.3 is 0 Å². The molecule has 4 heteroatoms. The first kappa shape index (κ1) is 11.7. The van der Waals surface area contributed by atoms with Crippen LogP contribution in [0.3, 0.4) is 0 Å². The lowest BCUT2D eigenvalue weighted by Gasteiger charge is -2.23. The van der Waals surface area contributed by atoms with Gasteiger partial charge in [0.15, 0.2) is 0 Å². The molecule has 1 heterocycles. The molecule has 1 fully saturated rings. The summed E-state index contributed by atoms with van der Waals surface area (Å²) in [5.41, 5.74) is 0.440. The van der Waals surface area contributed by atoms with E-state index >= 15 is 0 Å². The smallest absolute Gasteiger partial charge is 0.134 e. The van der Waals surface area contributed by atoms with E-state index in [-0.39, 0.29) is 16.6 Å². The molecule has 0 amide bonds. The van der Waals surface area contributed by atoms with Crippen LogP contribution in [0.1, 0.15) is 18.4 Å². The number of phenols is 1. The molecule has 1 aliphatic rings. The van der Waals surface area contributed by atoms with Crippen molar-refractivity contribution in [2.45, 2.75) is 19.3 Å². The molecular weight excluding hydrogens is 229 g/mol. The number of nitrogens with one attached hydrogen (secondary N) is 1. The lowest BCUT2D eigenvalue weighted by atomic mass is 9.92. The Morgan fingerprint density at radius 2 is 2.31 bits per heavy atom. The van der Waals surface area contributed by atoms with Crippen molar-refractivity contribution in [2.24, 2.45) is 5.92 Å². The van der Waals surface area contributed by atoms with E-state index in [0.29, 0.717) is 17.9 Å². The molecule has 0 aliphatic carbocycles. The molecule has 2 nitrogen and oxygen atoms in total. The van der Waals surface area contributed by atoms with Crippen molar-refractivity contribution >= 4 is 11.6 Å². The van der Waals surface area contributed by atoms with Crippen LogP contribution in [0, 0.1) is 11.7 Å². The van der Waals surface area contributed by atoms with Crippen LogP contribution in [-0.4, -0.2) is 18.2 Å². The average Bonchev–Trinajstić information content (AvgIpc) is 2.31. The summed E-state index contributed by atoms with van der Waals surface area (Å²) in [6.07, 6.45) is 2.78. The van der Waals surface area contributed by atoms with Gasteiger partial charge in [-0.05, 0) is 50.4 Å². The molecule has 0 saturated carbocycles. The maximum absolute atomic E-state index is 13.6. The van der Waals surface area contributed by atoms with Crippen LogP contribution in [0.15, 0.2) is 12.1 Å². The summed E-state index contributed by atoms with van der Waals surface area (Å²) in [6, 6.07) is 2.56. The van der Waals surface area contributed by atoms with E-state index in [2.05, 4.69) is 5.32 Å². The van der Waals surface area contributed by atoms with Crippen LogP contribution in [0.2, 0.25) is 5.02 Å². The minimum Gasteiger partial charge on any atom is -0.506 e. The van der Waals surface area contributed by atoms with E-state index < -0.39 is 0 Å². The molecule has 0 aromatic heterocycles. The Morgan fingerprint density at radius 3 is 3.00 bits per heavy atom. The second kappa shape index (κ2) is 5.02. The summed E-state index contributed by atoms with van der Waals surface area (Å²) in [5.74, 6) is 0.0396. The maximum Gasteiger partial charge on any atom is 0.134 e. The van der Waals surface area contributed by atoms with Crippen LogP contribution >= 0.6 is 11.6 Å². The van der Waals surface area contributed by atoms with Crippen molar-refractivity contribution in [1.82, 2.24) is 5.32 Å². The average molecular weight is 244 g/mol. The number of benzene rings is 1. The number of rotatable bonds is 2. The number of phenolic OH excluding ortho intramolecular Hbond substituents is 1. The first-order chi connectivity index (χ1) is 7.68. The number of hydrogen-bond donors (Lipinski definition) is 2. The van der Waals surface area contributed by atoms with Crippen molar-refractivity contribution in [3.8, 4) is 5.75 Å². The molecule has 0 radical (unpaired) electrons. The topological polar surface area (TPSA) is 32.3 Å². The Hall–Kier alpha value is -0.800. The molecule has 16 heavy (non-hydrogen) atoms. The molecule has 88 valence electrons. The van der Waals surface area contributed by atoms with E-state index in [1.54, 1.807) is 0 Å². The zero-order valence-corrected chi connectivity index (χ0v) is 9.73. The highest BCUT2D eigenvalue weighted by molar-refractivity contribution is 6.32. The second-order valence-electron chi connectivity index (χ2n) is 4.28. The maximum atomic E-state index is 13.6. The largest absolute Gasteiger partial charge is 0.506 e. The predicted octanol–water partition coefficient (Wildman–Crippen LogP) is 2.73. The molecule has 1 unspecified atom stereocenters. The first-order valence-corrected chi connectivity index (χ1v) is 5.93. The molecule has 1 aromatic rings. The van der Waals surface area contributed by atoms with E-state index in [1.165, 1.54) is 12.1 Å². The fourth-order valence-electron chi connectivity index (χ4n) is 2.16. The lowest BCUT2D eigenvalue weighted by Crippen LogP contribution is -2.31. The minimum atomic E-state index is -0.326. The van der Waals surface area contributed by atoms with Gasteiger partial charge in [0, 0.05) is 5.56 Å². The van der Waals surface area contributed by atoms with Gasteiger partial charge in [0.25, 0.3) is 0 Å². The van der Waals surface area contributed by atoms with Crippen LogP contribution < -0.4 is 5.32 Å². The molecule has 1 aromatic carbocycles. The number of piperidine rings is 1. The Bertz CT molecular complexity index is 378. The van der Waals surface area contributed by atoms with Gasteiger partial charge in [-0.2, -0.15) is 0 Å². The van der Waals surface area contributed by atoms with Crippen molar-refractivity contribution in [2.75, 3.05) is 13.1 Å². The van der Waals surface area contributed by atoms with E-state index in [9.17, 15) is 9.50 Å². The number of aromatic hydroxyl groups is 1. The van der Waals surface area contributed by atoms with Crippen molar-refractivity contribution in [3.63, 3.8) is 0 Å². The quantitative estimate of drug-likeness (QED) is 0.837. The Morgan fingerprint density at radius 1 is 1.50 bits per heavy atom. The van der Waals surface area contributed by atoms with Gasteiger partial charge in [-0.3, -0.25) is 0 Å². The third-order valence-corrected chi connectivity index (χ3v) is 3.48. The van der Waals surface area contributed by atoms with Crippen LogP contribution in [-0.2, 0) is 6.42 Å². The minimum absolute atomic E-state index is 0.0400. The van der Waals surface area contributed by atoms with E-state index in [4.69, 9.17) is 11.6 Å². The second-order valence-corrected chi connectivity index (χ2v) is 4.65. The van der Waals surface area contributed by atoms with Crippen molar-refractivity contribution in [3.05, 3.63) is 28.5 Å². The monoisotopic (exact) mass is 243 g/mol. The van der Waals surface area contributed by atoms with Crippen LogP contribution in [0.4, 0.5) is 4.39 Å². The van der Waals surface area contributed by atoms with Gasteiger partial charge in [-0.1, -0.05) is 11.6 Å². The zero-order chi connectivity index (χ0) is 11.5.